The molecule has 0 saturated heterocycles. The SMILES string of the molecule is Cc1nc(-c2ccc(F)c(F)c2Br)ncc1C(=O)O. The molecule has 0 fully saturated rings. The number of aryl methyl sites for hydroxylation is 1. The van der Waals surface area contributed by atoms with Crippen LogP contribution in [0.2, 0.25) is 0 Å². The number of nitrogens with zero attached hydrogens (tertiary/aromatic N) is 2. The maximum absolute atomic E-state index is 13.4. The zero-order chi connectivity index (χ0) is 14.2. The molecule has 1 N–H and O–H groups in total. The number of hydrogen-bond acceptors (Lipinski definition) is 3. The van der Waals surface area contributed by atoms with E-state index in [-0.39, 0.29) is 27.1 Å². The Hall–Kier alpha value is -1.89. The van der Waals surface area contributed by atoms with Gasteiger partial charge in [-0.1, -0.05) is 0 Å². The molecule has 0 bridgehead atoms. The van der Waals surface area contributed by atoms with Crippen molar-refractivity contribution in [3.63, 3.8) is 0 Å². The number of rotatable bonds is 2. The molecule has 2 rings (SSSR count). The van der Waals surface area contributed by atoms with Gasteiger partial charge in [-0.05, 0) is 35.0 Å². The summed E-state index contributed by atoms with van der Waals surface area (Å²) >= 11 is 2.93. The summed E-state index contributed by atoms with van der Waals surface area (Å²) < 4.78 is 26.3. The van der Waals surface area contributed by atoms with Crippen molar-refractivity contribution < 1.29 is 18.7 Å². The number of aromatic carboxylic acids is 1. The average Bonchev–Trinajstić information content (AvgIpc) is 2.35. The normalized spacial score (nSPS) is 10.5. The van der Waals surface area contributed by atoms with E-state index in [2.05, 4.69) is 25.9 Å². The first-order chi connectivity index (χ1) is 8.91. The zero-order valence-corrected chi connectivity index (χ0v) is 11.2. The van der Waals surface area contributed by atoms with E-state index in [4.69, 9.17) is 5.11 Å². The van der Waals surface area contributed by atoms with Gasteiger partial charge in [0.2, 0.25) is 0 Å². The molecule has 4 nitrogen and oxygen atoms in total. The number of carboxylic acids is 1. The van der Waals surface area contributed by atoms with Gasteiger partial charge in [0.25, 0.3) is 0 Å². The van der Waals surface area contributed by atoms with E-state index in [0.717, 1.165) is 12.3 Å². The molecule has 0 unspecified atom stereocenters. The lowest BCUT2D eigenvalue weighted by molar-refractivity contribution is 0.0695. The van der Waals surface area contributed by atoms with Crippen LogP contribution >= 0.6 is 15.9 Å². The molecular formula is C12H7BrF2N2O2. The lowest BCUT2D eigenvalue weighted by atomic mass is 10.2. The van der Waals surface area contributed by atoms with E-state index in [1.807, 2.05) is 0 Å². The molecule has 7 heteroatoms. The van der Waals surface area contributed by atoms with Gasteiger partial charge < -0.3 is 5.11 Å². The van der Waals surface area contributed by atoms with Crippen molar-refractivity contribution >= 4 is 21.9 Å². The Morgan fingerprint density at radius 3 is 2.63 bits per heavy atom. The number of aromatic nitrogens is 2. The maximum atomic E-state index is 13.4. The van der Waals surface area contributed by atoms with Crippen molar-refractivity contribution in [3.05, 3.63) is 45.7 Å². The molecule has 2 aromatic rings. The summed E-state index contributed by atoms with van der Waals surface area (Å²) in [5.41, 5.74) is 0.454. The Kier molecular flexibility index (Phi) is 3.57. The second-order valence-electron chi connectivity index (χ2n) is 3.72. The van der Waals surface area contributed by atoms with E-state index in [1.165, 1.54) is 13.0 Å². The van der Waals surface area contributed by atoms with Crippen molar-refractivity contribution in [1.82, 2.24) is 9.97 Å². The minimum absolute atomic E-state index is 0.0394. The minimum atomic E-state index is -1.14. The number of halogens is 3. The van der Waals surface area contributed by atoms with Crippen LogP contribution < -0.4 is 0 Å². The highest BCUT2D eigenvalue weighted by molar-refractivity contribution is 9.10. The Morgan fingerprint density at radius 1 is 1.37 bits per heavy atom. The minimum Gasteiger partial charge on any atom is -0.478 e. The van der Waals surface area contributed by atoms with Crippen LogP contribution in [0.1, 0.15) is 16.1 Å². The number of carbonyl (C=O) groups is 1. The van der Waals surface area contributed by atoms with Crippen LogP contribution in [0.25, 0.3) is 11.4 Å². The van der Waals surface area contributed by atoms with Crippen molar-refractivity contribution in [1.29, 1.82) is 0 Å². The Morgan fingerprint density at radius 2 is 2.05 bits per heavy atom. The van der Waals surface area contributed by atoms with Gasteiger partial charge in [0.1, 0.15) is 0 Å². The van der Waals surface area contributed by atoms with Gasteiger partial charge in [-0.25, -0.2) is 23.5 Å². The summed E-state index contributed by atoms with van der Waals surface area (Å²) in [6.07, 6.45) is 1.13. The van der Waals surface area contributed by atoms with Crippen LogP contribution in [0, 0.1) is 18.6 Å². The third-order valence-electron chi connectivity index (χ3n) is 2.49. The quantitative estimate of drug-likeness (QED) is 0.860. The molecule has 0 radical (unpaired) electrons. The predicted molar refractivity (Wildman–Crippen MR) is 66.8 cm³/mol. The van der Waals surface area contributed by atoms with E-state index in [0.29, 0.717) is 0 Å². The van der Waals surface area contributed by atoms with Crippen LogP contribution in [0.3, 0.4) is 0 Å². The van der Waals surface area contributed by atoms with E-state index >= 15 is 0 Å². The average molecular weight is 329 g/mol. The fourth-order valence-corrected chi connectivity index (χ4v) is 2.00. The van der Waals surface area contributed by atoms with E-state index in [9.17, 15) is 13.6 Å². The van der Waals surface area contributed by atoms with Gasteiger partial charge in [-0.2, -0.15) is 0 Å². The summed E-state index contributed by atoms with van der Waals surface area (Å²) in [4.78, 5) is 18.7. The topological polar surface area (TPSA) is 63.1 Å². The molecule has 1 aromatic carbocycles. The predicted octanol–water partition coefficient (Wildman–Crippen LogP) is 3.19. The molecule has 1 heterocycles. The summed E-state index contributed by atoms with van der Waals surface area (Å²) in [6, 6.07) is 2.27. The highest BCUT2D eigenvalue weighted by Gasteiger charge is 2.16. The highest BCUT2D eigenvalue weighted by atomic mass is 79.9. The maximum Gasteiger partial charge on any atom is 0.339 e. The van der Waals surface area contributed by atoms with Crippen molar-refractivity contribution in [3.8, 4) is 11.4 Å². The molecule has 0 atom stereocenters. The van der Waals surface area contributed by atoms with Crippen molar-refractivity contribution in [2.75, 3.05) is 0 Å². The molecular weight excluding hydrogens is 322 g/mol. The molecule has 0 spiro atoms. The second kappa shape index (κ2) is 5.00. The lowest BCUT2D eigenvalue weighted by Gasteiger charge is -2.07. The second-order valence-corrected chi connectivity index (χ2v) is 4.51. The summed E-state index contributed by atoms with van der Waals surface area (Å²) in [5, 5.41) is 8.86. The number of benzene rings is 1. The zero-order valence-electron chi connectivity index (χ0n) is 9.62. The molecule has 98 valence electrons. The summed E-state index contributed by atoms with van der Waals surface area (Å²) in [5.74, 6) is -3.06. The largest absolute Gasteiger partial charge is 0.478 e. The van der Waals surface area contributed by atoms with Gasteiger partial charge in [-0.15, -0.1) is 0 Å². The first-order valence-corrected chi connectivity index (χ1v) is 5.92. The van der Waals surface area contributed by atoms with Crippen LogP contribution in [0.5, 0.6) is 0 Å². The van der Waals surface area contributed by atoms with Gasteiger partial charge >= 0.3 is 5.97 Å². The fraction of sp³-hybridized carbons (Fsp3) is 0.0833. The summed E-state index contributed by atoms with van der Waals surface area (Å²) in [7, 11) is 0. The van der Waals surface area contributed by atoms with Crippen molar-refractivity contribution in [2.45, 2.75) is 6.92 Å². The first kappa shape index (κ1) is 13.5. The van der Waals surface area contributed by atoms with Gasteiger partial charge in [0.05, 0.1) is 15.7 Å². The van der Waals surface area contributed by atoms with Crippen LogP contribution in [-0.4, -0.2) is 21.0 Å². The Balaban J connectivity index is 2.58. The lowest BCUT2D eigenvalue weighted by Crippen LogP contribution is -2.04. The highest BCUT2D eigenvalue weighted by Crippen LogP contribution is 2.29. The fourth-order valence-electron chi connectivity index (χ4n) is 1.51. The molecule has 19 heavy (non-hydrogen) atoms. The number of carboxylic acid groups (broad SMARTS) is 1. The molecule has 0 aliphatic rings. The Bertz CT molecular complexity index is 677. The molecule has 0 aliphatic carbocycles. The Labute approximate surface area is 115 Å². The third-order valence-corrected chi connectivity index (χ3v) is 3.26. The smallest absolute Gasteiger partial charge is 0.339 e. The first-order valence-electron chi connectivity index (χ1n) is 5.12. The molecule has 0 amide bonds. The van der Waals surface area contributed by atoms with Gasteiger partial charge in [0.15, 0.2) is 17.5 Å². The van der Waals surface area contributed by atoms with Crippen LogP contribution in [-0.2, 0) is 0 Å². The monoisotopic (exact) mass is 328 g/mol. The standard InChI is InChI=1S/C12H7BrF2N2O2/c1-5-7(12(18)19)4-16-11(17-5)6-2-3-8(14)10(15)9(6)13/h2-4H,1H3,(H,18,19). The molecule has 1 aromatic heterocycles. The van der Waals surface area contributed by atoms with Gasteiger partial charge in [-0.3, -0.25) is 0 Å². The third kappa shape index (κ3) is 2.46. The summed E-state index contributed by atoms with van der Waals surface area (Å²) in [6.45, 7) is 1.50. The number of hydrogen-bond donors (Lipinski definition) is 1. The van der Waals surface area contributed by atoms with Crippen LogP contribution in [0.15, 0.2) is 22.8 Å². The molecule has 0 aliphatic heterocycles. The van der Waals surface area contributed by atoms with E-state index in [1.54, 1.807) is 0 Å². The molecule has 0 saturated carbocycles. The van der Waals surface area contributed by atoms with E-state index < -0.39 is 17.6 Å². The van der Waals surface area contributed by atoms with Gasteiger partial charge in [0, 0.05) is 11.8 Å². The van der Waals surface area contributed by atoms with Crippen LogP contribution in [0.4, 0.5) is 8.78 Å². The van der Waals surface area contributed by atoms with Crippen molar-refractivity contribution in [2.24, 2.45) is 0 Å².